The molecule has 0 aliphatic carbocycles. The molecule has 0 aliphatic rings. The average molecular weight is 283 g/mol. The lowest BCUT2D eigenvalue weighted by Crippen LogP contribution is -2.21. The van der Waals surface area contributed by atoms with E-state index in [0.717, 1.165) is 25.1 Å². The quantitative estimate of drug-likeness (QED) is 0.565. The summed E-state index contributed by atoms with van der Waals surface area (Å²) in [5.41, 5.74) is 1.12. The molecule has 0 fully saturated rings. The highest BCUT2D eigenvalue weighted by Gasteiger charge is 2.09. The van der Waals surface area contributed by atoms with Gasteiger partial charge in [0.05, 0.1) is 13.2 Å². The molecule has 1 atom stereocenters. The van der Waals surface area contributed by atoms with Crippen LogP contribution in [-0.4, -0.2) is 42.7 Å². The zero-order valence-corrected chi connectivity index (χ0v) is 12.3. The summed E-state index contributed by atoms with van der Waals surface area (Å²) >= 11 is 0. The standard InChI is InChI=1S/C15H25NO4/c1-3-7-16-9-12-5-6-14(15(8-12)19-4-2)20-11-13(18)10-17/h5-6,8,13,16-18H,3-4,7,9-11H2,1-2H3. The zero-order valence-electron chi connectivity index (χ0n) is 12.3. The van der Waals surface area contributed by atoms with Crippen molar-refractivity contribution in [3.8, 4) is 11.5 Å². The second-order valence-electron chi connectivity index (χ2n) is 4.54. The molecule has 20 heavy (non-hydrogen) atoms. The van der Waals surface area contributed by atoms with Gasteiger partial charge < -0.3 is 25.0 Å². The van der Waals surface area contributed by atoms with Gasteiger partial charge in [-0.2, -0.15) is 0 Å². The van der Waals surface area contributed by atoms with Crippen molar-refractivity contribution in [3.63, 3.8) is 0 Å². The summed E-state index contributed by atoms with van der Waals surface area (Å²) in [6.07, 6.45) is 0.217. The minimum Gasteiger partial charge on any atom is -0.490 e. The van der Waals surface area contributed by atoms with E-state index >= 15 is 0 Å². The van der Waals surface area contributed by atoms with Crippen LogP contribution in [0.2, 0.25) is 0 Å². The molecule has 0 bridgehead atoms. The smallest absolute Gasteiger partial charge is 0.161 e. The summed E-state index contributed by atoms with van der Waals surface area (Å²) in [6, 6.07) is 5.73. The fourth-order valence-corrected chi connectivity index (χ4v) is 1.70. The predicted molar refractivity (Wildman–Crippen MR) is 78.2 cm³/mol. The number of aliphatic hydroxyl groups excluding tert-OH is 2. The van der Waals surface area contributed by atoms with Gasteiger partial charge in [0.25, 0.3) is 0 Å². The zero-order chi connectivity index (χ0) is 14.8. The average Bonchev–Trinajstić information content (AvgIpc) is 2.46. The van der Waals surface area contributed by atoms with Gasteiger partial charge in [0.2, 0.25) is 0 Å². The summed E-state index contributed by atoms with van der Waals surface area (Å²) in [5, 5.41) is 21.4. The molecule has 0 aromatic heterocycles. The number of nitrogens with one attached hydrogen (secondary N) is 1. The van der Waals surface area contributed by atoms with Crippen molar-refractivity contribution >= 4 is 0 Å². The van der Waals surface area contributed by atoms with E-state index in [1.165, 1.54) is 0 Å². The number of ether oxygens (including phenoxy) is 2. The molecule has 0 radical (unpaired) electrons. The van der Waals surface area contributed by atoms with Crippen LogP contribution in [0.25, 0.3) is 0 Å². The van der Waals surface area contributed by atoms with Crippen LogP contribution in [0.15, 0.2) is 18.2 Å². The van der Waals surface area contributed by atoms with Crippen LogP contribution in [0, 0.1) is 0 Å². The van der Waals surface area contributed by atoms with Crippen molar-refractivity contribution in [2.45, 2.75) is 32.9 Å². The maximum atomic E-state index is 9.31. The highest BCUT2D eigenvalue weighted by atomic mass is 16.5. The number of hydrogen-bond donors (Lipinski definition) is 3. The van der Waals surface area contributed by atoms with Crippen LogP contribution in [0.4, 0.5) is 0 Å². The Balaban J connectivity index is 2.68. The van der Waals surface area contributed by atoms with Gasteiger partial charge in [0.1, 0.15) is 12.7 Å². The van der Waals surface area contributed by atoms with Crippen LogP contribution in [-0.2, 0) is 6.54 Å². The fraction of sp³-hybridized carbons (Fsp3) is 0.600. The Hall–Kier alpha value is -1.30. The van der Waals surface area contributed by atoms with E-state index in [-0.39, 0.29) is 13.2 Å². The second kappa shape index (κ2) is 9.58. The highest BCUT2D eigenvalue weighted by Crippen LogP contribution is 2.28. The molecular weight excluding hydrogens is 258 g/mol. The van der Waals surface area contributed by atoms with Crippen molar-refractivity contribution in [2.24, 2.45) is 0 Å². The fourth-order valence-electron chi connectivity index (χ4n) is 1.70. The first-order chi connectivity index (χ1) is 9.71. The van der Waals surface area contributed by atoms with Gasteiger partial charge in [-0.15, -0.1) is 0 Å². The van der Waals surface area contributed by atoms with Gasteiger partial charge in [-0.25, -0.2) is 0 Å². The molecule has 1 rings (SSSR count). The predicted octanol–water partition coefficient (Wildman–Crippen LogP) is 1.32. The van der Waals surface area contributed by atoms with Crippen LogP contribution in [0.5, 0.6) is 11.5 Å². The molecule has 0 saturated heterocycles. The monoisotopic (exact) mass is 283 g/mol. The molecule has 1 aromatic rings. The third kappa shape index (κ3) is 5.77. The Labute approximate surface area is 120 Å². The van der Waals surface area contributed by atoms with E-state index in [2.05, 4.69) is 12.2 Å². The van der Waals surface area contributed by atoms with Gasteiger partial charge in [-0.1, -0.05) is 13.0 Å². The minimum absolute atomic E-state index is 0.0456. The Morgan fingerprint density at radius 1 is 1.20 bits per heavy atom. The Morgan fingerprint density at radius 3 is 2.65 bits per heavy atom. The second-order valence-corrected chi connectivity index (χ2v) is 4.54. The van der Waals surface area contributed by atoms with Crippen molar-refractivity contribution in [3.05, 3.63) is 23.8 Å². The van der Waals surface area contributed by atoms with Crippen LogP contribution < -0.4 is 14.8 Å². The molecule has 5 nitrogen and oxygen atoms in total. The van der Waals surface area contributed by atoms with Crippen molar-refractivity contribution in [1.82, 2.24) is 5.32 Å². The van der Waals surface area contributed by atoms with Crippen molar-refractivity contribution < 1.29 is 19.7 Å². The molecule has 114 valence electrons. The Bertz CT molecular complexity index is 384. The third-order valence-corrected chi connectivity index (χ3v) is 2.71. The molecule has 1 aromatic carbocycles. The lowest BCUT2D eigenvalue weighted by atomic mass is 10.2. The molecule has 0 amide bonds. The number of aliphatic hydroxyl groups is 2. The van der Waals surface area contributed by atoms with Gasteiger partial charge in [0, 0.05) is 6.54 Å². The van der Waals surface area contributed by atoms with Gasteiger partial charge in [0.15, 0.2) is 11.5 Å². The topological polar surface area (TPSA) is 71.0 Å². The van der Waals surface area contributed by atoms with E-state index in [0.29, 0.717) is 18.1 Å². The molecule has 0 spiro atoms. The van der Waals surface area contributed by atoms with Crippen LogP contribution in [0.1, 0.15) is 25.8 Å². The summed E-state index contributed by atoms with van der Waals surface area (Å²) in [4.78, 5) is 0. The van der Waals surface area contributed by atoms with Gasteiger partial charge in [-0.05, 0) is 37.6 Å². The normalized spacial score (nSPS) is 12.2. The summed E-state index contributed by atoms with van der Waals surface area (Å²) in [7, 11) is 0. The van der Waals surface area contributed by atoms with Gasteiger partial charge in [-0.3, -0.25) is 0 Å². The summed E-state index contributed by atoms with van der Waals surface area (Å²) < 4.78 is 11.0. The molecule has 0 aliphatic heterocycles. The maximum Gasteiger partial charge on any atom is 0.161 e. The Kier molecular flexibility index (Phi) is 8.02. The first-order valence-corrected chi connectivity index (χ1v) is 7.09. The minimum atomic E-state index is -0.879. The lowest BCUT2D eigenvalue weighted by Gasteiger charge is -2.15. The SMILES string of the molecule is CCCNCc1ccc(OCC(O)CO)c(OCC)c1. The number of rotatable bonds is 10. The molecular formula is C15H25NO4. The number of hydrogen-bond acceptors (Lipinski definition) is 5. The molecule has 1 unspecified atom stereocenters. The first-order valence-electron chi connectivity index (χ1n) is 7.09. The lowest BCUT2D eigenvalue weighted by molar-refractivity contribution is 0.0525. The molecule has 3 N–H and O–H groups in total. The van der Waals surface area contributed by atoms with E-state index in [1.54, 1.807) is 0 Å². The first kappa shape index (κ1) is 16.8. The third-order valence-electron chi connectivity index (χ3n) is 2.71. The Morgan fingerprint density at radius 2 is 2.00 bits per heavy atom. The van der Waals surface area contributed by atoms with E-state index in [9.17, 15) is 5.11 Å². The van der Waals surface area contributed by atoms with E-state index in [1.807, 2.05) is 25.1 Å². The van der Waals surface area contributed by atoms with Gasteiger partial charge >= 0.3 is 0 Å². The summed E-state index contributed by atoms with van der Waals surface area (Å²) in [6.45, 7) is 6.08. The maximum absolute atomic E-state index is 9.31. The van der Waals surface area contributed by atoms with E-state index in [4.69, 9.17) is 14.6 Å². The highest BCUT2D eigenvalue weighted by molar-refractivity contribution is 5.43. The molecule has 5 heteroatoms. The molecule has 0 saturated carbocycles. The van der Waals surface area contributed by atoms with Crippen molar-refractivity contribution in [2.75, 3.05) is 26.4 Å². The van der Waals surface area contributed by atoms with Crippen LogP contribution >= 0.6 is 0 Å². The largest absolute Gasteiger partial charge is 0.490 e. The summed E-state index contributed by atoms with van der Waals surface area (Å²) in [5.74, 6) is 1.24. The van der Waals surface area contributed by atoms with Crippen LogP contribution in [0.3, 0.4) is 0 Å². The number of benzene rings is 1. The van der Waals surface area contributed by atoms with E-state index < -0.39 is 6.10 Å². The molecule has 0 heterocycles. The van der Waals surface area contributed by atoms with Crippen molar-refractivity contribution in [1.29, 1.82) is 0 Å².